The highest BCUT2D eigenvalue weighted by atomic mass is 16.5. The first-order chi connectivity index (χ1) is 18.3. The number of hydrogen-bond donors (Lipinski definition) is 2. The van der Waals surface area contributed by atoms with E-state index in [1.54, 1.807) is 43.2 Å². The molecule has 4 amide bonds. The third kappa shape index (κ3) is 3.40. The highest BCUT2D eigenvalue weighted by Gasteiger charge is 2.59. The number of carbonyl (C=O) groups excluding carboxylic acids is 3. The maximum absolute atomic E-state index is 14.1. The number of amides is 4. The first-order valence-electron chi connectivity index (χ1n) is 12.6. The molecule has 3 aromatic carbocycles. The summed E-state index contributed by atoms with van der Waals surface area (Å²) in [5.41, 5.74) is 2.86. The summed E-state index contributed by atoms with van der Waals surface area (Å²) >= 11 is 0. The largest absolute Gasteiger partial charge is 0.497 e. The van der Waals surface area contributed by atoms with Crippen LogP contribution in [0.1, 0.15) is 47.1 Å². The van der Waals surface area contributed by atoms with Crippen LogP contribution < -0.4 is 15.0 Å². The topological polar surface area (TPSA) is 94.7 Å². The van der Waals surface area contributed by atoms with Gasteiger partial charge in [0.1, 0.15) is 5.75 Å². The zero-order chi connectivity index (χ0) is 26.6. The average Bonchev–Trinajstić information content (AvgIpc) is 3.41. The fourth-order valence-electron chi connectivity index (χ4n) is 5.72. The molecule has 4 aromatic rings. The molecule has 0 aliphatic carbocycles. The number of hydrogen-bond acceptors (Lipinski definition) is 4. The van der Waals surface area contributed by atoms with Gasteiger partial charge >= 0.3 is 6.03 Å². The smallest absolute Gasteiger partial charge is 0.332 e. The van der Waals surface area contributed by atoms with E-state index in [9.17, 15) is 14.4 Å². The molecule has 2 atom stereocenters. The first kappa shape index (κ1) is 23.8. The number of urea groups is 1. The van der Waals surface area contributed by atoms with Crippen molar-refractivity contribution in [3.8, 4) is 5.75 Å². The molecule has 2 aliphatic rings. The van der Waals surface area contributed by atoms with Crippen molar-refractivity contribution in [1.29, 1.82) is 0 Å². The number of rotatable bonds is 5. The number of anilines is 1. The van der Waals surface area contributed by atoms with Crippen LogP contribution in [0.5, 0.6) is 5.75 Å². The van der Waals surface area contributed by atoms with Gasteiger partial charge in [-0.3, -0.25) is 9.59 Å². The van der Waals surface area contributed by atoms with Crippen molar-refractivity contribution < 1.29 is 19.1 Å². The lowest BCUT2D eigenvalue weighted by Gasteiger charge is -2.35. The number of carbonyl (C=O) groups is 3. The van der Waals surface area contributed by atoms with Crippen LogP contribution >= 0.6 is 0 Å². The predicted molar refractivity (Wildman–Crippen MR) is 144 cm³/mol. The van der Waals surface area contributed by atoms with E-state index in [2.05, 4.69) is 10.3 Å². The Morgan fingerprint density at radius 1 is 1.05 bits per heavy atom. The maximum atomic E-state index is 14.1. The molecule has 2 aliphatic heterocycles. The number of nitrogens with zero attached hydrogens (tertiary/aromatic N) is 2. The van der Waals surface area contributed by atoms with Gasteiger partial charge in [0, 0.05) is 17.4 Å². The molecule has 0 saturated carbocycles. The van der Waals surface area contributed by atoms with Gasteiger partial charge < -0.3 is 19.9 Å². The van der Waals surface area contributed by atoms with Gasteiger partial charge in [0.2, 0.25) is 0 Å². The highest BCUT2D eigenvalue weighted by molar-refractivity contribution is 6.25. The molecule has 192 valence electrons. The Balaban J connectivity index is 1.38. The van der Waals surface area contributed by atoms with Crippen molar-refractivity contribution in [3.63, 3.8) is 0 Å². The number of aromatic nitrogens is 1. The molecule has 1 saturated heterocycles. The number of methoxy groups -OCH3 is 1. The second-order valence-corrected chi connectivity index (χ2v) is 9.91. The standard InChI is InChI=1S/C30H28N4O4/c1-18(19-9-5-4-6-10-19)31-27(35)22-11-7-8-12-25(22)34-28(36)30(2)26-21(15-16-33(30)29(34)37)23-17-20(38-3)13-14-24(23)32-26/h4-14,17-18,32H,15-16H2,1-3H3,(H,31,35). The first-order valence-corrected chi connectivity index (χ1v) is 12.6. The Morgan fingerprint density at radius 3 is 2.55 bits per heavy atom. The highest BCUT2D eigenvalue weighted by Crippen LogP contribution is 2.46. The second kappa shape index (κ2) is 8.76. The molecule has 1 fully saturated rings. The van der Waals surface area contributed by atoms with E-state index in [4.69, 9.17) is 4.74 Å². The van der Waals surface area contributed by atoms with Crippen LogP contribution in [-0.2, 0) is 16.8 Å². The van der Waals surface area contributed by atoms with Crippen molar-refractivity contribution in [3.05, 3.63) is 95.2 Å². The van der Waals surface area contributed by atoms with E-state index in [1.807, 2.05) is 55.5 Å². The molecule has 0 bridgehead atoms. The van der Waals surface area contributed by atoms with Crippen LogP contribution in [0.15, 0.2) is 72.8 Å². The maximum Gasteiger partial charge on any atom is 0.332 e. The molecule has 1 aromatic heterocycles. The van der Waals surface area contributed by atoms with E-state index in [0.29, 0.717) is 18.7 Å². The predicted octanol–water partition coefficient (Wildman–Crippen LogP) is 4.91. The fraction of sp³-hybridized carbons (Fsp3) is 0.233. The molecule has 3 heterocycles. The number of ether oxygens (including phenoxy) is 1. The molecule has 2 unspecified atom stereocenters. The summed E-state index contributed by atoms with van der Waals surface area (Å²) < 4.78 is 5.41. The lowest BCUT2D eigenvalue weighted by molar-refractivity contribution is -0.125. The second-order valence-electron chi connectivity index (χ2n) is 9.91. The van der Waals surface area contributed by atoms with Gasteiger partial charge in [-0.25, -0.2) is 9.69 Å². The summed E-state index contributed by atoms with van der Waals surface area (Å²) in [6.45, 7) is 4.06. The quantitative estimate of drug-likeness (QED) is 0.375. The zero-order valence-corrected chi connectivity index (χ0v) is 21.4. The number of H-pyrrole nitrogens is 1. The summed E-state index contributed by atoms with van der Waals surface area (Å²) in [5, 5.41) is 3.98. The van der Waals surface area contributed by atoms with Crippen molar-refractivity contribution in [2.24, 2.45) is 0 Å². The Morgan fingerprint density at radius 2 is 1.79 bits per heavy atom. The van der Waals surface area contributed by atoms with Gasteiger partial charge in [0.05, 0.1) is 30.1 Å². The van der Waals surface area contributed by atoms with Crippen LogP contribution in [0, 0.1) is 0 Å². The molecule has 8 nitrogen and oxygen atoms in total. The number of benzene rings is 3. The monoisotopic (exact) mass is 508 g/mol. The van der Waals surface area contributed by atoms with Crippen LogP contribution in [-0.4, -0.2) is 41.4 Å². The van der Waals surface area contributed by atoms with Gasteiger partial charge in [-0.15, -0.1) is 0 Å². The molecule has 38 heavy (non-hydrogen) atoms. The SMILES string of the molecule is COc1ccc2[nH]c3c(c2c1)CCN1C(=O)N(c2ccccc2C(=O)NC(C)c2ccccc2)C(=O)C31C. The van der Waals surface area contributed by atoms with Crippen molar-refractivity contribution in [2.75, 3.05) is 18.6 Å². The number of fused-ring (bicyclic) bond motifs is 5. The molecule has 0 radical (unpaired) electrons. The lowest BCUT2D eigenvalue weighted by Crippen LogP contribution is -2.49. The number of nitrogens with one attached hydrogen (secondary N) is 2. The minimum atomic E-state index is -1.22. The summed E-state index contributed by atoms with van der Waals surface area (Å²) in [4.78, 5) is 47.5. The summed E-state index contributed by atoms with van der Waals surface area (Å²) in [7, 11) is 1.62. The van der Waals surface area contributed by atoms with Gasteiger partial charge in [-0.2, -0.15) is 0 Å². The van der Waals surface area contributed by atoms with Gasteiger partial charge in [-0.1, -0.05) is 42.5 Å². The zero-order valence-electron chi connectivity index (χ0n) is 21.4. The normalized spacial score (nSPS) is 19.3. The average molecular weight is 509 g/mol. The molecule has 0 spiro atoms. The fourth-order valence-corrected chi connectivity index (χ4v) is 5.72. The third-order valence-corrected chi connectivity index (χ3v) is 7.80. The van der Waals surface area contributed by atoms with Crippen LogP contribution in [0.3, 0.4) is 0 Å². The minimum Gasteiger partial charge on any atom is -0.497 e. The number of aromatic amines is 1. The number of imide groups is 1. The van der Waals surface area contributed by atoms with Crippen LogP contribution in [0.25, 0.3) is 10.9 Å². The summed E-state index contributed by atoms with van der Waals surface area (Å²) in [6.07, 6.45) is 0.599. The van der Waals surface area contributed by atoms with Crippen LogP contribution in [0.4, 0.5) is 10.5 Å². The molecular formula is C30H28N4O4. The Kier molecular flexibility index (Phi) is 5.48. The number of para-hydroxylation sites is 1. The summed E-state index contributed by atoms with van der Waals surface area (Å²) in [5.74, 6) is -0.0173. The molecule has 6 rings (SSSR count). The van der Waals surface area contributed by atoms with Gasteiger partial charge in [0.15, 0.2) is 5.54 Å². The Bertz CT molecular complexity index is 1590. The van der Waals surface area contributed by atoms with E-state index < -0.39 is 17.5 Å². The Labute approximate surface area is 220 Å². The summed E-state index contributed by atoms with van der Waals surface area (Å²) in [6, 6.07) is 21.4. The van der Waals surface area contributed by atoms with Gasteiger partial charge in [0.25, 0.3) is 11.8 Å². The van der Waals surface area contributed by atoms with Crippen LogP contribution in [0.2, 0.25) is 0 Å². The van der Waals surface area contributed by atoms with E-state index in [0.717, 1.165) is 32.7 Å². The van der Waals surface area contributed by atoms with Crippen molar-refractivity contribution >= 4 is 34.4 Å². The Hall–Kier alpha value is -4.59. The molecule has 8 heteroatoms. The minimum absolute atomic E-state index is 0.253. The molecule has 2 N–H and O–H groups in total. The van der Waals surface area contributed by atoms with Crippen molar-refractivity contribution in [1.82, 2.24) is 15.2 Å². The van der Waals surface area contributed by atoms with Crippen molar-refractivity contribution in [2.45, 2.75) is 31.8 Å². The third-order valence-electron chi connectivity index (χ3n) is 7.80. The lowest BCUT2D eigenvalue weighted by atomic mass is 9.87. The van der Waals surface area contributed by atoms with E-state index in [1.165, 1.54) is 0 Å². The van der Waals surface area contributed by atoms with Gasteiger partial charge in [-0.05, 0) is 61.7 Å². The molecular weight excluding hydrogens is 480 g/mol. The van der Waals surface area contributed by atoms with E-state index in [-0.39, 0.29) is 23.2 Å². The van der Waals surface area contributed by atoms with E-state index >= 15 is 0 Å².